The molecule has 2 fully saturated rings. The molecular formula is C9H18N2O. The van der Waals surface area contributed by atoms with Crippen molar-refractivity contribution < 1.29 is 5.11 Å². The van der Waals surface area contributed by atoms with Crippen LogP contribution in [0.2, 0.25) is 0 Å². The van der Waals surface area contributed by atoms with Gasteiger partial charge < -0.3 is 10.0 Å². The van der Waals surface area contributed by atoms with Crippen molar-refractivity contribution in [2.75, 3.05) is 33.3 Å². The fourth-order valence-corrected chi connectivity index (χ4v) is 2.41. The van der Waals surface area contributed by atoms with Crippen LogP contribution in [0.15, 0.2) is 0 Å². The molecule has 3 nitrogen and oxygen atoms in total. The molecule has 0 aromatic rings. The third kappa shape index (κ3) is 1.37. The van der Waals surface area contributed by atoms with Gasteiger partial charge in [-0.25, -0.2) is 0 Å². The fourth-order valence-electron chi connectivity index (χ4n) is 2.41. The quantitative estimate of drug-likeness (QED) is 0.619. The van der Waals surface area contributed by atoms with Gasteiger partial charge in [0.1, 0.15) is 0 Å². The summed E-state index contributed by atoms with van der Waals surface area (Å²) < 4.78 is 0. The second-order valence-electron chi connectivity index (χ2n) is 4.09. The van der Waals surface area contributed by atoms with Crippen molar-refractivity contribution in [1.29, 1.82) is 0 Å². The number of aliphatic hydroxyl groups excluding tert-OH is 1. The molecule has 2 aliphatic heterocycles. The summed E-state index contributed by atoms with van der Waals surface area (Å²) in [6.07, 6.45) is 2.46. The van der Waals surface area contributed by atoms with E-state index in [4.69, 9.17) is 5.11 Å². The van der Waals surface area contributed by atoms with Crippen molar-refractivity contribution in [3.63, 3.8) is 0 Å². The Hall–Kier alpha value is -0.120. The van der Waals surface area contributed by atoms with Crippen LogP contribution in [0.25, 0.3) is 0 Å². The molecule has 2 rings (SSSR count). The maximum Gasteiger partial charge on any atom is 0.0587 e. The lowest BCUT2D eigenvalue weighted by Gasteiger charge is -2.44. The van der Waals surface area contributed by atoms with E-state index in [0.29, 0.717) is 12.6 Å². The van der Waals surface area contributed by atoms with Gasteiger partial charge in [-0.05, 0) is 26.4 Å². The highest BCUT2D eigenvalue weighted by Gasteiger charge is 2.35. The molecule has 70 valence electrons. The van der Waals surface area contributed by atoms with Crippen LogP contribution < -0.4 is 0 Å². The summed E-state index contributed by atoms with van der Waals surface area (Å²) in [7, 11) is 2.15. The van der Waals surface area contributed by atoms with Gasteiger partial charge in [0.05, 0.1) is 6.61 Å². The molecule has 0 aromatic carbocycles. The molecule has 0 aliphatic carbocycles. The Labute approximate surface area is 74.0 Å². The first kappa shape index (κ1) is 8.48. The van der Waals surface area contributed by atoms with Gasteiger partial charge in [0.25, 0.3) is 0 Å². The lowest BCUT2D eigenvalue weighted by molar-refractivity contribution is 0.0272. The van der Waals surface area contributed by atoms with Gasteiger partial charge in [-0.15, -0.1) is 0 Å². The number of hydrogen-bond acceptors (Lipinski definition) is 3. The molecule has 0 spiro atoms. The summed E-state index contributed by atoms with van der Waals surface area (Å²) in [6, 6.07) is 1.19. The van der Waals surface area contributed by atoms with Gasteiger partial charge in [-0.1, -0.05) is 0 Å². The molecule has 1 N–H and O–H groups in total. The van der Waals surface area contributed by atoms with E-state index in [1.54, 1.807) is 0 Å². The predicted octanol–water partition coefficient (Wildman–Crippen LogP) is -0.243. The molecular weight excluding hydrogens is 152 g/mol. The van der Waals surface area contributed by atoms with Crippen LogP contribution in [-0.4, -0.2) is 60.3 Å². The van der Waals surface area contributed by atoms with Crippen LogP contribution in [0.1, 0.15) is 12.8 Å². The largest absolute Gasteiger partial charge is 0.395 e. The smallest absolute Gasteiger partial charge is 0.0587 e. The number of likely N-dealkylation sites (tertiary alicyclic amines) is 2. The summed E-state index contributed by atoms with van der Waals surface area (Å²) in [4.78, 5) is 4.82. The molecule has 2 aliphatic rings. The van der Waals surface area contributed by atoms with Crippen molar-refractivity contribution in [2.45, 2.75) is 24.9 Å². The van der Waals surface area contributed by atoms with Gasteiger partial charge in [-0.2, -0.15) is 0 Å². The normalized spacial score (nSPS) is 34.0. The van der Waals surface area contributed by atoms with Crippen molar-refractivity contribution in [3.8, 4) is 0 Å². The van der Waals surface area contributed by atoms with Gasteiger partial charge in [-0.3, -0.25) is 4.90 Å². The van der Waals surface area contributed by atoms with Crippen molar-refractivity contribution in [2.24, 2.45) is 0 Å². The minimum Gasteiger partial charge on any atom is -0.395 e. The number of hydrogen-bond donors (Lipinski definition) is 1. The third-order valence-corrected chi connectivity index (χ3v) is 3.15. The summed E-state index contributed by atoms with van der Waals surface area (Å²) in [5.74, 6) is 0. The molecule has 12 heavy (non-hydrogen) atoms. The summed E-state index contributed by atoms with van der Waals surface area (Å²) >= 11 is 0. The Balaban J connectivity index is 1.86. The van der Waals surface area contributed by atoms with Crippen molar-refractivity contribution >= 4 is 0 Å². The highest BCUT2D eigenvalue weighted by molar-refractivity contribution is 4.92. The second-order valence-corrected chi connectivity index (χ2v) is 4.09. The Kier molecular flexibility index (Phi) is 2.35. The average Bonchev–Trinajstić information content (AvgIpc) is 2.45. The van der Waals surface area contributed by atoms with Gasteiger partial charge >= 0.3 is 0 Å². The predicted molar refractivity (Wildman–Crippen MR) is 48.1 cm³/mol. The van der Waals surface area contributed by atoms with E-state index in [2.05, 4.69) is 16.8 Å². The lowest BCUT2D eigenvalue weighted by Crippen LogP contribution is -2.59. The first-order chi connectivity index (χ1) is 5.81. The number of nitrogens with zero attached hydrogens (tertiary/aromatic N) is 2. The van der Waals surface area contributed by atoms with Crippen LogP contribution in [0.4, 0.5) is 0 Å². The minimum absolute atomic E-state index is 0.347. The molecule has 0 bridgehead atoms. The maximum atomic E-state index is 9.12. The third-order valence-electron chi connectivity index (χ3n) is 3.15. The standard InChI is InChI=1S/C9H18N2O/c1-10-5-9(6-10)11-4-2-3-8(11)7-12/h8-9,12H,2-7H2,1H3. The highest BCUT2D eigenvalue weighted by Crippen LogP contribution is 2.23. The van der Waals surface area contributed by atoms with E-state index in [-0.39, 0.29) is 0 Å². The van der Waals surface area contributed by atoms with Crippen LogP contribution in [0.5, 0.6) is 0 Å². The molecule has 0 radical (unpaired) electrons. The highest BCUT2D eigenvalue weighted by atomic mass is 16.3. The van der Waals surface area contributed by atoms with Gasteiger partial charge in [0, 0.05) is 25.2 Å². The molecule has 2 saturated heterocycles. The van der Waals surface area contributed by atoms with E-state index in [1.807, 2.05) is 0 Å². The summed E-state index contributed by atoms with van der Waals surface area (Å²) in [5.41, 5.74) is 0. The Morgan fingerprint density at radius 1 is 1.42 bits per heavy atom. The zero-order valence-corrected chi connectivity index (χ0v) is 7.74. The van der Waals surface area contributed by atoms with Gasteiger partial charge in [0.15, 0.2) is 0 Å². The van der Waals surface area contributed by atoms with E-state index < -0.39 is 0 Å². The van der Waals surface area contributed by atoms with E-state index in [0.717, 1.165) is 6.04 Å². The molecule has 1 unspecified atom stereocenters. The topological polar surface area (TPSA) is 26.7 Å². The zero-order chi connectivity index (χ0) is 8.55. The average molecular weight is 170 g/mol. The van der Waals surface area contributed by atoms with Crippen LogP contribution >= 0.6 is 0 Å². The first-order valence-corrected chi connectivity index (χ1v) is 4.86. The Morgan fingerprint density at radius 2 is 2.17 bits per heavy atom. The summed E-state index contributed by atoms with van der Waals surface area (Å²) in [5, 5.41) is 9.12. The minimum atomic E-state index is 0.347. The molecule has 0 aromatic heterocycles. The molecule has 0 amide bonds. The lowest BCUT2D eigenvalue weighted by atomic mass is 10.1. The second kappa shape index (κ2) is 3.32. The van der Waals surface area contributed by atoms with Crippen LogP contribution in [0, 0.1) is 0 Å². The first-order valence-electron chi connectivity index (χ1n) is 4.86. The van der Waals surface area contributed by atoms with E-state index in [1.165, 1.54) is 32.5 Å². The van der Waals surface area contributed by atoms with Crippen LogP contribution in [0.3, 0.4) is 0 Å². The molecule has 3 heteroatoms. The van der Waals surface area contributed by atoms with Crippen molar-refractivity contribution in [3.05, 3.63) is 0 Å². The number of rotatable bonds is 2. The molecule has 0 saturated carbocycles. The van der Waals surface area contributed by atoms with Gasteiger partial charge in [0.2, 0.25) is 0 Å². The summed E-state index contributed by atoms with van der Waals surface area (Å²) in [6.45, 7) is 3.93. The van der Waals surface area contributed by atoms with Crippen LogP contribution in [-0.2, 0) is 0 Å². The monoisotopic (exact) mass is 170 g/mol. The molecule has 2 heterocycles. The zero-order valence-electron chi connectivity index (χ0n) is 7.74. The van der Waals surface area contributed by atoms with E-state index in [9.17, 15) is 0 Å². The Morgan fingerprint density at radius 3 is 2.75 bits per heavy atom. The SMILES string of the molecule is CN1CC(N2CCCC2CO)C1. The molecule has 1 atom stereocenters. The Bertz CT molecular complexity index is 157. The fraction of sp³-hybridized carbons (Fsp3) is 1.00. The number of aliphatic hydroxyl groups is 1. The van der Waals surface area contributed by atoms with E-state index >= 15 is 0 Å². The number of likely N-dealkylation sites (N-methyl/N-ethyl adjacent to an activating group) is 1. The maximum absolute atomic E-state index is 9.12. The van der Waals surface area contributed by atoms with Crippen molar-refractivity contribution in [1.82, 2.24) is 9.80 Å².